The highest BCUT2D eigenvalue weighted by atomic mass is 16.5. The third-order valence-corrected chi connectivity index (χ3v) is 3.35. The second kappa shape index (κ2) is 7.26. The van der Waals surface area contributed by atoms with Gasteiger partial charge in [-0.25, -0.2) is 4.98 Å². The molecule has 0 spiro atoms. The smallest absolute Gasteiger partial charge is 0.129 e. The van der Waals surface area contributed by atoms with Crippen LogP contribution in [0.3, 0.4) is 0 Å². The van der Waals surface area contributed by atoms with Crippen LogP contribution in [0.25, 0.3) is 0 Å². The minimum absolute atomic E-state index is 0.752. The van der Waals surface area contributed by atoms with Gasteiger partial charge in [0.2, 0.25) is 0 Å². The lowest BCUT2D eigenvalue weighted by molar-refractivity contribution is 0.222. The summed E-state index contributed by atoms with van der Waals surface area (Å²) in [6.07, 6.45) is 5.22. The maximum atomic E-state index is 5.17. The highest BCUT2D eigenvalue weighted by Crippen LogP contribution is 2.18. The quantitative estimate of drug-likeness (QED) is 0.795. The summed E-state index contributed by atoms with van der Waals surface area (Å²) >= 11 is 0. The highest BCUT2D eigenvalue weighted by Gasteiger charge is 2.13. The van der Waals surface area contributed by atoms with Gasteiger partial charge in [0.25, 0.3) is 0 Å². The van der Waals surface area contributed by atoms with Crippen LogP contribution in [0.5, 0.6) is 0 Å². The van der Waals surface area contributed by atoms with E-state index < -0.39 is 0 Å². The molecule has 1 aliphatic rings. The van der Waals surface area contributed by atoms with Crippen LogP contribution >= 0.6 is 0 Å². The lowest BCUT2D eigenvalue weighted by Crippen LogP contribution is -2.30. The molecule has 0 saturated heterocycles. The van der Waals surface area contributed by atoms with Gasteiger partial charge in [-0.2, -0.15) is 0 Å². The fraction of sp³-hybridized carbons (Fsp3) is 0.533. The maximum absolute atomic E-state index is 5.17. The second-order valence-electron chi connectivity index (χ2n) is 4.79. The summed E-state index contributed by atoms with van der Waals surface area (Å²) in [6, 6.07) is 4.25. The van der Waals surface area contributed by atoms with Crippen LogP contribution in [0.2, 0.25) is 0 Å². The Balaban J connectivity index is 1.99. The standard InChI is InChI=1S/C15H23N3O/c1-3-16-11-14-4-7-17-15(10-14)18-8-5-13(6-9-18)12-19-2/h4-5,7,10,16H,3,6,8-9,11-12H2,1-2H3. The molecule has 0 radical (unpaired) electrons. The van der Waals surface area contributed by atoms with Gasteiger partial charge in [0.15, 0.2) is 0 Å². The topological polar surface area (TPSA) is 37.4 Å². The molecule has 1 aromatic heterocycles. The third-order valence-electron chi connectivity index (χ3n) is 3.35. The molecule has 0 saturated carbocycles. The van der Waals surface area contributed by atoms with E-state index in [2.05, 4.69) is 40.3 Å². The number of methoxy groups -OCH3 is 1. The Morgan fingerprint density at radius 3 is 3.05 bits per heavy atom. The average Bonchev–Trinajstić information content (AvgIpc) is 2.46. The average molecular weight is 261 g/mol. The van der Waals surface area contributed by atoms with Crippen LogP contribution in [-0.4, -0.2) is 38.3 Å². The van der Waals surface area contributed by atoms with Crippen LogP contribution < -0.4 is 10.2 Å². The molecular formula is C15H23N3O. The van der Waals surface area contributed by atoms with E-state index in [0.717, 1.165) is 45.0 Å². The van der Waals surface area contributed by atoms with Gasteiger partial charge in [-0.15, -0.1) is 0 Å². The van der Waals surface area contributed by atoms with Crippen LogP contribution in [0, 0.1) is 0 Å². The number of aromatic nitrogens is 1. The molecule has 0 atom stereocenters. The molecule has 2 heterocycles. The van der Waals surface area contributed by atoms with Crippen molar-refractivity contribution < 1.29 is 4.74 Å². The normalized spacial score (nSPS) is 15.5. The Labute approximate surface area is 115 Å². The van der Waals surface area contributed by atoms with Crippen molar-refractivity contribution in [3.63, 3.8) is 0 Å². The number of anilines is 1. The first-order chi connectivity index (χ1) is 9.33. The molecule has 19 heavy (non-hydrogen) atoms. The van der Waals surface area contributed by atoms with Crippen LogP contribution in [0.1, 0.15) is 18.9 Å². The Kier molecular flexibility index (Phi) is 5.36. The summed E-state index contributed by atoms with van der Waals surface area (Å²) in [7, 11) is 1.75. The first-order valence-corrected chi connectivity index (χ1v) is 6.91. The molecule has 0 fully saturated rings. The van der Waals surface area contributed by atoms with Crippen molar-refractivity contribution >= 4 is 5.82 Å². The molecule has 4 nitrogen and oxygen atoms in total. The van der Waals surface area contributed by atoms with Gasteiger partial charge in [-0.05, 0) is 36.2 Å². The van der Waals surface area contributed by atoms with Crippen LogP contribution in [0.4, 0.5) is 5.82 Å². The minimum atomic E-state index is 0.752. The Morgan fingerprint density at radius 1 is 1.47 bits per heavy atom. The molecule has 1 aromatic rings. The van der Waals surface area contributed by atoms with Gasteiger partial charge >= 0.3 is 0 Å². The number of hydrogen-bond donors (Lipinski definition) is 1. The van der Waals surface area contributed by atoms with E-state index in [1.807, 2.05) is 6.20 Å². The third kappa shape index (κ3) is 4.04. The van der Waals surface area contributed by atoms with Gasteiger partial charge in [0, 0.05) is 32.9 Å². The van der Waals surface area contributed by atoms with Crippen molar-refractivity contribution in [3.8, 4) is 0 Å². The summed E-state index contributed by atoms with van der Waals surface area (Å²) in [6.45, 7) is 6.72. The van der Waals surface area contributed by atoms with Crippen molar-refractivity contribution in [2.24, 2.45) is 0 Å². The Hall–Kier alpha value is -1.39. The molecule has 4 heteroatoms. The zero-order valence-electron chi connectivity index (χ0n) is 11.9. The van der Waals surface area contributed by atoms with E-state index in [1.54, 1.807) is 7.11 Å². The Bertz CT molecular complexity index is 431. The predicted octanol–water partition coefficient (Wildman–Crippen LogP) is 1.97. The van der Waals surface area contributed by atoms with Crippen molar-refractivity contribution in [1.29, 1.82) is 0 Å². The molecule has 2 rings (SSSR count). The lowest BCUT2D eigenvalue weighted by Gasteiger charge is -2.27. The van der Waals surface area contributed by atoms with Gasteiger partial charge in [0.05, 0.1) is 6.61 Å². The molecule has 0 bridgehead atoms. The first kappa shape index (κ1) is 14.0. The molecule has 1 N–H and O–H groups in total. The van der Waals surface area contributed by atoms with Crippen molar-refractivity contribution in [2.45, 2.75) is 19.9 Å². The van der Waals surface area contributed by atoms with Gasteiger partial charge in [-0.1, -0.05) is 13.0 Å². The van der Waals surface area contributed by atoms with E-state index in [1.165, 1.54) is 11.1 Å². The summed E-state index contributed by atoms with van der Waals surface area (Å²) in [5.41, 5.74) is 2.68. The molecule has 0 aromatic carbocycles. The zero-order valence-corrected chi connectivity index (χ0v) is 11.9. The summed E-state index contributed by atoms with van der Waals surface area (Å²) < 4.78 is 5.17. The molecule has 0 aliphatic carbocycles. The fourth-order valence-corrected chi connectivity index (χ4v) is 2.25. The lowest BCUT2D eigenvalue weighted by atomic mass is 10.1. The number of nitrogens with zero attached hydrogens (tertiary/aromatic N) is 2. The monoisotopic (exact) mass is 261 g/mol. The fourth-order valence-electron chi connectivity index (χ4n) is 2.25. The zero-order chi connectivity index (χ0) is 13.5. The van der Waals surface area contributed by atoms with Crippen LogP contribution in [-0.2, 0) is 11.3 Å². The largest absolute Gasteiger partial charge is 0.380 e. The summed E-state index contributed by atoms with van der Waals surface area (Å²) in [4.78, 5) is 6.79. The molecule has 104 valence electrons. The number of rotatable bonds is 6. The first-order valence-electron chi connectivity index (χ1n) is 6.91. The summed E-state index contributed by atoms with van der Waals surface area (Å²) in [5.74, 6) is 1.07. The Morgan fingerprint density at radius 2 is 2.37 bits per heavy atom. The van der Waals surface area contributed by atoms with Gasteiger partial charge in [-0.3, -0.25) is 0 Å². The van der Waals surface area contributed by atoms with Crippen molar-refractivity contribution in [3.05, 3.63) is 35.5 Å². The molecular weight excluding hydrogens is 238 g/mol. The minimum Gasteiger partial charge on any atom is -0.380 e. The van der Waals surface area contributed by atoms with E-state index >= 15 is 0 Å². The van der Waals surface area contributed by atoms with E-state index in [-0.39, 0.29) is 0 Å². The molecule has 0 amide bonds. The predicted molar refractivity (Wildman–Crippen MR) is 78.4 cm³/mol. The number of ether oxygens (including phenoxy) is 1. The van der Waals surface area contributed by atoms with Crippen LogP contribution in [0.15, 0.2) is 30.0 Å². The van der Waals surface area contributed by atoms with E-state index in [9.17, 15) is 0 Å². The molecule has 0 unspecified atom stereocenters. The highest BCUT2D eigenvalue weighted by molar-refractivity contribution is 5.43. The number of pyridine rings is 1. The molecule has 1 aliphatic heterocycles. The van der Waals surface area contributed by atoms with E-state index in [0.29, 0.717) is 0 Å². The summed E-state index contributed by atoms with van der Waals surface area (Å²) in [5, 5.41) is 3.34. The van der Waals surface area contributed by atoms with Crippen molar-refractivity contribution in [2.75, 3.05) is 38.3 Å². The van der Waals surface area contributed by atoms with Gasteiger partial charge in [0.1, 0.15) is 5.82 Å². The van der Waals surface area contributed by atoms with Gasteiger partial charge < -0.3 is 15.0 Å². The maximum Gasteiger partial charge on any atom is 0.129 e. The van der Waals surface area contributed by atoms with E-state index in [4.69, 9.17) is 4.74 Å². The number of nitrogens with one attached hydrogen (secondary N) is 1. The number of hydrogen-bond acceptors (Lipinski definition) is 4. The SMILES string of the molecule is CCNCc1ccnc(N2CC=C(COC)CC2)c1. The second-order valence-corrected chi connectivity index (χ2v) is 4.79. The van der Waals surface area contributed by atoms with Crippen molar-refractivity contribution in [1.82, 2.24) is 10.3 Å².